The fraction of sp³-hybridized carbons (Fsp3) is 0.562. The minimum atomic E-state index is -0.596. The molecule has 0 atom stereocenters. The molecule has 1 aromatic rings. The van der Waals surface area contributed by atoms with E-state index in [2.05, 4.69) is 11.9 Å². The van der Waals surface area contributed by atoms with Crippen molar-refractivity contribution in [3.8, 4) is 0 Å². The third kappa shape index (κ3) is 2.12. The average molecular weight is 276 g/mol. The van der Waals surface area contributed by atoms with Crippen LogP contribution in [-0.2, 0) is 10.2 Å². The van der Waals surface area contributed by atoms with Gasteiger partial charge in [-0.2, -0.15) is 0 Å². The summed E-state index contributed by atoms with van der Waals surface area (Å²) in [6.45, 7) is 3.31. The van der Waals surface area contributed by atoms with Crippen LogP contribution in [0.2, 0.25) is 0 Å². The Labute approximate surface area is 119 Å². The summed E-state index contributed by atoms with van der Waals surface area (Å²) in [6.07, 6.45) is 2.56. The molecule has 1 saturated heterocycles. The van der Waals surface area contributed by atoms with Crippen molar-refractivity contribution in [3.05, 3.63) is 35.6 Å². The number of carbonyl (C=O) groups is 1. The van der Waals surface area contributed by atoms with Gasteiger partial charge < -0.3 is 9.80 Å². The van der Waals surface area contributed by atoms with Crippen molar-refractivity contribution in [2.24, 2.45) is 0 Å². The minimum Gasteiger partial charge on any atom is -0.339 e. The molecule has 0 aromatic heterocycles. The molecular weight excluding hydrogens is 255 g/mol. The Morgan fingerprint density at radius 2 is 1.80 bits per heavy atom. The average Bonchev–Trinajstić information content (AvgIpc) is 2.40. The summed E-state index contributed by atoms with van der Waals surface area (Å²) in [4.78, 5) is 17.0. The fourth-order valence-electron chi connectivity index (χ4n) is 3.29. The number of benzene rings is 1. The van der Waals surface area contributed by atoms with Crippen molar-refractivity contribution >= 4 is 5.91 Å². The molecule has 3 rings (SSSR count). The molecule has 1 saturated carbocycles. The van der Waals surface area contributed by atoms with Crippen molar-refractivity contribution in [3.63, 3.8) is 0 Å². The summed E-state index contributed by atoms with van der Waals surface area (Å²) < 4.78 is 14.1. The van der Waals surface area contributed by atoms with Gasteiger partial charge in [0.15, 0.2) is 0 Å². The summed E-state index contributed by atoms with van der Waals surface area (Å²) in [5.74, 6) is -0.114. The number of hydrogen-bond acceptors (Lipinski definition) is 2. The van der Waals surface area contributed by atoms with Crippen LogP contribution in [0.3, 0.4) is 0 Å². The van der Waals surface area contributed by atoms with Gasteiger partial charge in [0.1, 0.15) is 5.82 Å². The van der Waals surface area contributed by atoms with E-state index < -0.39 is 5.41 Å². The number of rotatable bonds is 2. The van der Waals surface area contributed by atoms with Crippen LogP contribution >= 0.6 is 0 Å². The van der Waals surface area contributed by atoms with Gasteiger partial charge in [-0.15, -0.1) is 0 Å². The Morgan fingerprint density at radius 3 is 2.35 bits per heavy atom. The Morgan fingerprint density at radius 1 is 1.15 bits per heavy atom. The van der Waals surface area contributed by atoms with Gasteiger partial charge in [-0.25, -0.2) is 4.39 Å². The molecule has 0 unspecified atom stereocenters. The van der Waals surface area contributed by atoms with Crippen molar-refractivity contribution in [2.45, 2.75) is 24.7 Å². The first-order chi connectivity index (χ1) is 9.63. The highest BCUT2D eigenvalue weighted by Crippen LogP contribution is 2.46. The second-order valence-corrected chi connectivity index (χ2v) is 6.01. The van der Waals surface area contributed by atoms with E-state index in [1.807, 2.05) is 11.0 Å². The fourth-order valence-corrected chi connectivity index (χ4v) is 3.29. The second-order valence-electron chi connectivity index (χ2n) is 6.01. The lowest BCUT2D eigenvalue weighted by atomic mass is 9.63. The SMILES string of the molecule is CN1CCN(C(=O)C2(c3ccccc3F)CCC2)CC1. The molecule has 1 aliphatic heterocycles. The molecule has 1 aliphatic carbocycles. The van der Waals surface area contributed by atoms with Gasteiger partial charge in [-0.05, 0) is 26.0 Å². The second kappa shape index (κ2) is 5.17. The highest BCUT2D eigenvalue weighted by Gasteiger charge is 2.49. The number of piperazine rings is 1. The predicted octanol–water partition coefficient (Wildman–Crippen LogP) is 2.02. The standard InChI is InChI=1S/C16H21FN2O/c1-18-9-11-19(12-10-18)15(20)16(7-4-8-16)13-5-2-3-6-14(13)17/h2-3,5-6H,4,7-12H2,1H3. The molecule has 1 amide bonds. The zero-order chi connectivity index (χ0) is 14.2. The molecule has 1 heterocycles. The van der Waals surface area contributed by atoms with E-state index in [0.29, 0.717) is 5.56 Å². The van der Waals surface area contributed by atoms with Gasteiger partial charge in [0.2, 0.25) is 5.91 Å². The quantitative estimate of drug-likeness (QED) is 0.825. The lowest BCUT2D eigenvalue weighted by Gasteiger charge is -2.45. The smallest absolute Gasteiger partial charge is 0.233 e. The molecule has 2 aliphatic rings. The number of hydrogen-bond donors (Lipinski definition) is 0. The van der Waals surface area contributed by atoms with Gasteiger partial charge in [0, 0.05) is 31.7 Å². The summed E-state index contributed by atoms with van der Waals surface area (Å²) >= 11 is 0. The van der Waals surface area contributed by atoms with Crippen LogP contribution in [0.1, 0.15) is 24.8 Å². The van der Waals surface area contributed by atoms with Gasteiger partial charge >= 0.3 is 0 Å². The molecule has 3 nitrogen and oxygen atoms in total. The Hall–Kier alpha value is -1.42. The Balaban J connectivity index is 1.86. The third-order valence-electron chi connectivity index (χ3n) is 4.80. The lowest BCUT2D eigenvalue weighted by Crippen LogP contribution is -2.56. The monoisotopic (exact) mass is 276 g/mol. The first-order valence-corrected chi connectivity index (χ1v) is 7.36. The van der Waals surface area contributed by atoms with E-state index >= 15 is 0 Å². The molecule has 4 heteroatoms. The number of amides is 1. The molecule has 0 bridgehead atoms. The summed E-state index contributed by atoms with van der Waals surface area (Å²) in [5, 5.41) is 0. The maximum Gasteiger partial charge on any atom is 0.233 e. The van der Waals surface area contributed by atoms with Crippen LogP contribution in [0.4, 0.5) is 4.39 Å². The van der Waals surface area contributed by atoms with E-state index in [4.69, 9.17) is 0 Å². The molecule has 108 valence electrons. The summed E-state index contributed by atoms with van der Waals surface area (Å²) in [5.41, 5.74) is -0.00322. The predicted molar refractivity (Wildman–Crippen MR) is 76.0 cm³/mol. The summed E-state index contributed by atoms with van der Waals surface area (Å²) in [7, 11) is 2.07. The van der Waals surface area contributed by atoms with Crippen molar-refractivity contribution in [1.29, 1.82) is 0 Å². The number of nitrogens with zero attached hydrogens (tertiary/aromatic N) is 2. The van der Waals surface area contributed by atoms with Crippen LogP contribution in [0, 0.1) is 5.82 Å². The van der Waals surface area contributed by atoms with Crippen LogP contribution in [0.25, 0.3) is 0 Å². The normalized spacial score (nSPS) is 22.4. The highest BCUT2D eigenvalue weighted by atomic mass is 19.1. The first-order valence-electron chi connectivity index (χ1n) is 7.36. The number of likely N-dealkylation sites (N-methyl/N-ethyl adjacent to an activating group) is 1. The van der Waals surface area contributed by atoms with Crippen LogP contribution < -0.4 is 0 Å². The van der Waals surface area contributed by atoms with E-state index in [1.165, 1.54) is 6.07 Å². The van der Waals surface area contributed by atoms with E-state index in [-0.39, 0.29) is 11.7 Å². The number of halogens is 1. The molecule has 2 fully saturated rings. The Bertz CT molecular complexity index is 505. The highest BCUT2D eigenvalue weighted by molar-refractivity contribution is 5.89. The third-order valence-corrected chi connectivity index (χ3v) is 4.80. The Kier molecular flexibility index (Phi) is 3.50. The molecule has 1 aromatic carbocycles. The van der Waals surface area contributed by atoms with Gasteiger partial charge in [-0.1, -0.05) is 24.6 Å². The van der Waals surface area contributed by atoms with E-state index in [9.17, 15) is 9.18 Å². The van der Waals surface area contributed by atoms with Crippen LogP contribution in [0.15, 0.2) is 24.3 Å². The summed E-state index contributed by atoms with van der Waals surface area (Å²) in [6, 6.07) is 6.76. The van der Waals surface area contributed by atoms with Crippen molar-refractivity contribution in [1.82, 2.24) is 9.80 Å². The molecule has 0 spiro atoms. The number of carbonyl (C=O) groups excluding carboxylic acids is 1. The maximum absolute atomic E-state index is 14.1. The zero-order valence-electron chi connectivity index (χ0n) is 11.9. The van der Waals surface area contributed by atoms with E-state index in [0.717, 1.165) is 45.4 Å². The topological polar surface area (TPSA) is 23.6 Å². The van der Waals surface area contributed by atoms with Crippen molar-refractivity contribution in [2.75, 3.05) is 33.2 Å². The van der Waals surface area contributed by atoms with E-state index in [1.54, 1.807) is 12.1 Å². The molecule has 0 N–H and O–H groups in total. The maximum atomic E-state index is 14.1. The van der Waals surface area contributed by atoms with Crippen LogP contribution in [0.5, 0.6) is 0 Å². The molecule has 0 radical (unpaired) electrons. The first kappa shape index (κ1) is 13.6. The van der Waals surface area contributed by atoms with Gasteiger partial charge in [-0.3, -0.25) is 4.79 Å². The van der Waals surface area contributed by atoms with Crippen molar-refractivity contribution < 1.29 is 9.18 Å². The minimum absolute atomic E-state index is 0.127. The van der Waals surface area contributed by atoms with Crippen LogP contribution in [-0.4, -0.2) is 48.9 Å². The zero-order valence-corrected chi connectivity index (χ0v) is 11.9. The van der Waals surface area contributed by atoms with Gasteiger partial charge in [0.25, 0.3) is 0 Å². The molecular formula is C16H21FN2O. The van der Waals surface area contributed by atoms with Gasteiger partial charge in [0.05, 0.1) is 5.41 Å². The largest absolute Gasteiger partial charge is 0.339 e. The lowest BCUT2D eigenvalue weighted by molar-refractivity contribution is -0.142. The molecule has 20 heavy (non-hydrogen) atoms.